The minimum absolute atomic E-state index is 0.0242. The molecule has 0 fully saturated rings. The van der Waals surface area contributed by atoms with Gasteiger partial charge in [0, 0.05) is 16.6 Å². The van der Waals surface area contributed by atoms with Crippen molar-refractivity contribution in [3.05, 3.63) is 28.7 Å². The summed E-state index contributed by atoms with van der Waals surface area (Å²) in [4.78, 5) is 11.7. The maximum absolute atomic E-state index is 11.7. The Labute approximate surface area is 142 Å². The summed E-state index contributed by atoms with van der Waals surface area (Å²) < 4.78 is 2.30. The fourth-order valence-corrected chi connectivity index (χ4v) is 2.94. The number of rotatable bonds is 7. The van der Waals surface area contributed by atoms with Crippen LogP contribution in [-0.4, -0.2) is 33.1 Å². The van der Waals surface area contributed by atoms with Gasteiger partial charge in [-0.3, -0.25) is 4.79 Å². The zero-order chi connectivity index (χ0) is 15.9. The Balaban J connectivity index is 2.00. The maximum Gasteiger partial charge on any atom is 0.230 e. The number of hydrogen-bond acceptors (Lipinski definition) is 5. The third-order valence-electron chi connectivity index (χ3n) is 2.96. The van der Waals surface area contributed by atoms with Crippen LogP contribution < -0.4 is 11.2 Å². The van der Waals surface area contributed by atoms with Gasteiger partial charge in [0.1, 0.15) is 0 Å². The zero-order valence-corrected chi connectivity index (χ0v) is 14.7. The number of aromatic nitrogens is 3. The lowest BCUT2D eigenvalue weighted by molar-refractivity contribution is -0.118. The highest BCUT2D eigenvalue weighted by Gasteiger charge is 2.15. The van der Waals surface area contributed by atoms with Crippen molar-refractivity contribution in [1.82, 2.24) is 20.2 Å². The summed E-state index contributed by atoms with van der Waals surface area (Å²) in [5.74, 6) is 6.84. The highest BCUT2D eigenvalue weighted by Crippen LogP contribution is 2.27. The van der Waals surface area contributed by atoms with E-state index in [0.29, 0.717) is 17.5 Å². The summed E-state index contributed by atoms with van der Waals surface area (Å²) in [6.07, 6.45) is 2.04. The average Bonchev–Trinajstić information content (AvgIpc) is 2.87. The Morgan fingerprint density at radius 2 is 2.18 bits per heavy atom. The number of benzene rings is 1. The maximum atomic E-state index is 11.7. The molecule has 2 rings (SSSR count). The van der Waals surface area contributed by atoms with E-state index < -0.39 is 0 Å². The average molecular weight is 384 g/mol. The van der Waals surface area contributed by atoms with E-state index in [-0.39, 0.29) is 11.7 Å². The van der Waals surface area contributed by atoms with Crippen LogP contribution in [0.15, 0.2) is 33.9 Å². The summed E-state index contributed by atoms with van der Waals surface area (Å²) in [5, 5.41) is 11.5. The van der Waals surface area contributed by atoms with Crippen molar-refractivity contribution in [1.29, 1.82) is 0 Å². The van der Waals surface area contributed by atoms with Gasteiger partial charge in [-0.15, -0.1) is 10.2 Å². The first-order valence-electron chi connectivity index (χ1n) is 6.98. The molecule has 8 heteroatoms. The molecule has 0 atom stereocenters. The molecular weight excluding hydrogens is 366 g/mol. The molecule has 0 radical (unpaired) electrons. The summed E-state index contributed by atoms with van der Waals surface area (Å²) in [6.45, 7) is 2.79. The smallest absolute Gasteiger partial charge is 0.230 e. The highest BCUT2D eigenvalue weighted by molar-refractivity contribution is 9.10. The standard InChI is InChI=1S/C14H18BrN5OS/c1-2-3-8-17-12(21)9-22-14-19-18-13(20(14)16)10-6-4-5-7-11(10)15/h4-7H,2-3,8-9,16H2,1H3,(H,17,21). The molecule has 0 aliphatic carbocycles. The van der Waals surface area contributed by atoms with Gasteiger partial charge in [-0.2, -0.15) is 0 Å². The van der Waals surface area contributed by atoms with Gasteiger partial charge < -0.3 is 11.2 Å². The number of nitrogens with zero attached hydrogens (tertiary/aromatic N) is 3. The van der Waals surface area contributed by atoms with Crippen LogP contribution in [0.3, 0.4) is 0 Å². The molecule has 0 saturated carbocycles. The molecule has 1 heterocycles. The first-order chi connectivity index (χ1) is 10.6. The Hall–Kier alpha value is -1.54. The molecule has 0 unspecified atom stereocenters. The Morgan fingerprint density at radius 1 is 1.41 bits per heavy atom. The number of halogens is 1. The summed E-state index contributed by atoms with van der Waals surface area (Å²) in [6, 6.07) is 7.64. The number of nitrogens with two attached hydrogens (primary N) is 1. The topological polar surface area (TPSA) is 85.8 Å². The van der Waals surface area contributed by atoms with Gasteiger partial charge in [-0.05, 0) is 18.6 Å². The third-order valence-corrected chi connectivity index (χ3v) is 4.60. The summed E-state index contributed by atoms with van der Waals surface area (Å²) in [7, 11) is 0. The molecule has 1 amide bonds. The van der Waals surface area contributed by atoms with E-state index >= 15 is 0 Å². The molecule has 0 bridgehead atoms. The van der Waals surface area contributed by atoms with Gasteiger partial charge in [-0.1, -0.05) is 53.2 Å². The van der Waals surface area contributed by atoms with Gasteiger partial charge in [0.15, 0.2) is 5.82 Å². The molecule has 118 valence electrons. The molecule has 22 heavy (non-hydrogen) atoms. The van der Waals surface area contributed by atoms with Crippen molar-refractivity contribution in [3.8, 4) is 11.4 Å². The van der Waals surface area contributed by atoms with E-state index in [2.05, 4.69) is 38.4 Å². The molecule has 0 aliphatic heterocycles. The van der Waals surface area contributed by atoms with Crippen LogP contribution in [0, 0.1) is 0 Å². The van der Waals surface area contributed by atoms with Crippen LogP contribution in [0.4, 0.5) is 0 Å². The van der Waals surface area contributed by atoms with E-state index in [1.54, 1.807) is 0 Å². The van der Waals surface area contributed by atoms with Crippen LogP contribution in [0.25, 0.3) is 11.4 Å². The zero-order valence-electron chi connectivity index (χ0n) is 12.3. The van der Waals surface area contributed by atoms with Crippen LogP contribution in [0.1, 0.15) is 19.8 Å². The number of thioether (sulfide) groups is 1. The van der Waals surface area contributed by atoms with Gasteiger partial charge >= 0.3 is 0 Å². The van der Waals surface area contributed by atoms with Crippen molar-refractivity contribution in [3.63, 3.8) is 0 Å². The Bertz CT molecular complexity index is 646. The second-order valence-electron chi connectivity index (χ2n) is 4.65. The molecule has 1 aromatic heterocycles. The predicted octanol–water partition coefficient (Wildman–Crippen LogP) is 2.43. The molecule has 6 nitrogen and oxygen atoms in total. The summed E-state index contributed by atoms with van der Waals surface area (Å²) in [5.41, 5.74) is 0.858. The Kier molecular flexibility index (Phi) is 6.26. The van der Waals surface area contributed by atoms with E-state index in [9.17, 15) is 4.79 Å². The normalized spacial score (nSPS) is 10.6. The second-order valence-corrected chi connectivity index (χ2v) is 6.45. The molecule has 0 spiro atoms. The lowest BCUT2D eigenvalue weighted by Gasteiger charge is -2.06. The van der Waals surface area contributed by atoms with Crippen LogP contribution in [-0.2, 0) is 4.79 Å². The van der Waals surface area contributed by atoms with Gasteiger partial charge in [0.2, 0.25) is 11.1 Å². The fraction of sp³-hybridized carbons (Fsp3) is 0.357. The second kappa shape index (κ2) is 8.19. The van der Waals surface area contributed by atoms with E-state index in [1.807, 2.05) is 24.3 Å². The number of amides is 1. The molecule has 2 aromatic rings. The third kappa shape index (κ3) is 4.23. The van der Waals surface area contributed by atoms with Crippen molar-refractivity contribution < 1.29 is 4.79 Å². The number of nitrogen functional groups attached to an aromatic ring is 1. The van der Waals surface area contributed by atoms with Crippen LogP contribution in [0.5, 0.6) is 0 Å². The quantitative estimate of drug-likeness (QED) is 0.435. The molecule has 0 aliphatic rings. The fourth-order valence-electron chi connectivity index (χ4n) is 1.79. The van der Waals surface area contributed by atoms with E-state index in [1.165, 1.54) is 16.4 Å². The number of hydrogen-bond donors (Lipinski definition) is 2. The van der Waals surface area contributed by atoms with Gasteiger partial charge in [0.25, 0.3) is 0 Å². The number of carbonyl (C=O) groups excluding carboxylic acids is 1. The van der Waals surface area contributed by atoms with E-state index in [0.717, 1.165) is 22.9 Å². The minimum atomic E-state index is -0.0242. The molecule has 0 saturated heterocycles. The highest BCUT2D eigenvalue weighted by atomic mass is 79.9. The molecule has 3 N–H and O–H groups in total. The molecule has 1 aromatic carbocycles. The minimum Gasteiger partial charge on any atom is -0.355 e. The molecular formula is C14H18BrN5OS. The first kappa shape index (κ1) is 16.8. The van der Waals surface area contributed by atoms with Crippen LogP contribution >= 0.6 is 27.7 Å². The summed E-state index contributed by atoms with van der Waals surface area (Å²) >= 11 is 4.74. The van der Waals surface area contributed by atoms with Gasteiger partial charge in [0.05, 0.1) is 5.75 Å². The number of nitrogens with one attached hydrogen (secondary N) is 1. The van der Waals surface area contributed by atoms with E-state index in [4.69, 9.17) is 5.84 Å². The lowest BCUT2D eigenvalue weighted by atomic mass is 10.2. The Morgan fingerprint density at radius 3 is 2.91 bits per heavy atom. The first-order valence-corrected chi connectivity index (χ1v) is 8.76. The predicted molar refractivity (Wildman–Crippen MR) is 92.0 cm³/mol. The van der Waals surface area contributed by atoms with Crippen molar-refractivity contribution in [2.24, 2.45) is 0 Å². The van der Waals surface area contributed by atoms with Crippen molar-refractivity contribution in [2.45, 2.75) is 24.9 Å². The van der Waals surface area contributed by atoms with Gasteiger partial charge in [-0.25, -0.2) is 4.68 Å². The monoisotopic (exact) mass is 383 g/mol. The van der Waals surface area contributed by atoms with Crippen LogP contribution in [0.2, 0.25) is 0 Å². The largest absolute Gasteiger partial charge is 0.355 e. The lowest BCUT2D eigenvalue weighted by Crippen LogP contribution is -2.26. The number of carbonyl (C=O) groups is 1. The van der Waals surface area contributed by atoms with Crippen molar-refractivity contribution >= 4 is 33.6 Å². The SMILES string of the molecule is CCCCNC(=O)CSc1nnc(-c2ccccc2Br)n1N. The number of unbranched alkanes of at least 4 members (excludes halogenated alkanes) is 1. The van der Waals surface area contributed by atoms with Crippen molar-refractivity contribution in [2.75, 3.05) is 18.1 Å².